The molecular formula is C10H20N2O. The number of primary amides is 1. The maximum atomic E-state index is 10.9. The van der Waals surface area contributed by atoms with Gasteiger partial charge in [-0.1, -0.05) is 6.92 Å². The van der Waals surface area contributed by atoms with Gasteiger partial charge in [-0.25, -0.2) is 0 Å². The van der Waals surface area contributed by atoms with Crippen molar-refractivity contribution in [2.75, 3.05) is 19.6 Å². The van der Waals surface area contributed by atoms with Crippen molar-refractivity contribution in [2.24, 2.45) is 11.7 Å². The number of hydrogen-bond acceptors (Lipinski definition) is 2. The molecule has 1 heterocycles. The lowest BCUT2D eigenvalue weighted by atomic mass is 10.0. The fourth-order valence-corrected chi connectivity index (χ4v) is 1.89. The van der Waals surface area contributed by atoms with E-state index in [1.54, 1.807) is 0 Å². The van der Waals surface area contributed by atoms with Crippen LogP contribution in [0.1, 0.15) is 32.6 Å². The second-order valence-corrected chi connectivity index (χ2v) is 3.84. The van der Waals surface area contributed by atoms with Crippen LogP contribution in [-0.2, 0) is 4.79 Å². The molecule has 1 aliphatic heterocycles. The minimum Gasteiger partial charge on any atom is -0.369 e. The van der Waals surface area contributed by atoms with Crippen LogP contribution in [0, 0.1) is 5.92 Å². The highest BCUT2D eigenvalue weighted by molar-refractivity contribution is 5.76. The van der Waals surface area contributed by atoms with Crippen molar-refractivity contribution >= 4 is 5.91 Å². The summed E-state index contributed by atoms with van der Waals surface area (Å²) in [6, 6.07) is 0. The Kier molecular flexibility index (Phi) is 4.22. The molecule has 0 aromatic heterocycles. The van der Waals surface area contributed by atoms with Crippen LogP contribution < -0.4 is 5.73 Å². The van der Waals surface area contributed by atoms with Crippen LogP contribution in [0.25, 0.3) is 0 Å². The summed E-state index contributed by atoms with van der Waals surface area (Å²) in [5, 5.41) is 0. The molecule has 0 spiro atoms. The van der Waals surface area contributed by atoms with E-state index in [-0.39, 0.29) is 11.8 Å². The van der Waals surface area contributed by atoms with Crippen molar-refractivity contribution in [3.8, 4) is 0 Å². The number of nitrogens with zero attached hydrogens (tertiary/aromatic N) is 1. The smallest absolute Gasteiger partial charge is 0.220 e. The van der Waals surface area contributed by atoms with E-state index < -0.39 is 0 Å². The van der Waals surface area contributed by atoms with Crippen molar-refractivity contribution in [2.45, 2.75) is 32.6 Å². The van der Waals surface area contributed by atoms with Crippen LogP contribution in [0.5, 0.6) is 0 Å². The highest BCUT2D eigenvalue weighted by Crippen LogP contribution is 2.12. The molecule has 0 aromatic carbocycles. The van der Waals surface area contributed by atoms with Gasteiger partial charge in [-0.15, -0.1) is 0 Å². The molecule has 1 unspecified atom stereocenters. The fourth-order valence-electron chi connectivity index (χ4n) is 1.89. The molecule has 1 saturated heterocycles. The minimum absolute atomic E-state index is 0.0839. The molecule has 0 radical (unpaired) electrons. The van der Waals surface area contributed by atoms with Gasteiger partial charge in [-0.05, 0) is 45.3 Å². The van der Waals surface area contributed by atoms with Crippen LogP contribution in [0.15, 0.2) is 0 Å². The molecule has 0 bridgehead atoms. The summed E-state index contributed by atoms with van der Waals surface area (Å²) >= 11 is 0. The Morgan fingerprint density at radius 1 is 1.46 bits per heavy atom. The molecule has 1 atom stereocenters. The first-order chi connectivity index (χ1) is 6.24. The molecule has 0 aliphatic carbocycles. The van der Waals surface area contributed by atoms with Crippen LogP contribution >= 0.6 is 0 Å². The molecule has 13 heavy (non-hydrogen) atoms. The first-order valence-electron chi connectivity index (χ1n) is 5.25. The summed E-state index contributed by atoms with van der Waals surface area (Å²) in [5.41, 5.74) is 5.27. The minimum atomic E-state index is -0.137. The van der Waals surface area contributed by atoms with Crippen LogP contribution in [0.2, 0.25) is 0 Å². The van der Waals surface area contributed by atoms with Gasteiger partial charge >= 0.3 is 0 Å². The van der Waals surface area contributed by atoms with Crippen molar-refractivity contribution in [1.82, 2.24) is 4.90 Å². The van der Waals surface area contributed by atoms with Gasteiger partial charge in [-0.2, -0.15) is 0 Å². The third kappa shape index (κ3) is 3.35. The Labute approximate surface area is 80.3 Å². The number of nitrogens with two attached hydrogens (primary N) is 1. The zero-order valence-corrected chi connectivity index (χ0v) is 8.46. The summed E-state index contributed by atoms with van der Waals surface area (Å²) < 4.78 is 0. The normalized spacial score (nSPS) is 20.4. The van der Waals surface area contributed by atoms with Crippen molar-refractivity contribution < 1.29 is 4.79 Å². The average Bonchev–Trinajstić information content (AvgIpc) is 2.57. The summed E-state index contributed by atoms with van der Waals surface area (Å²) in [4.78, 5) is 13.4. The van der Waals surface area contributed by atoms with Gasteiger partial charge in [-0.3, -0.25) is 4.79 Å². The molecule has 3 nitrogen and oxygen atoms in total. The highest BCUT2D eigenvalue weighted by atomic mass is 16.1. The summed E-state index contributed by atoms with van der Waals surface area (Å²) in [6.07, 6.45) is 4.44. The fraction of sp³-hybridized carbons (Fsp3) is 0.900. The molecule has 0 aromatic rings. The predicted octanol–water partition coefficient (Wildman–Crippen LogP) is 0.984. The van der Waals surface area contributed by atoms with E-state index in [1.165, 1.54) is 25.9 Å². The Hall–Kier alpha value is -0.570. The number of carbonyl (C=O) groups is 1. The Morgan fingerprint density at radius 3 is 2.54 bits per heavy atom. The first kappa shape index (κ1) is 10.5. The largest absolute Gasteiger partial charge is 0.369 e. The maximum absolute atomic E-state index is 10.9. The zero-order chi connectivity index (χ0) is 9.68. The number of likely N-dealkylation sites (tertiary alicyclic amines) is 1. The van der Waals surface area contributed by atoms with Gasteiger partial charge in [0.2, 0.25) is 5.91 Å². The van der Waals surface area contributed by atoms with E-state index in [0.29, 0.717) is 0 Å². The summed E-state index contributed by atoms with van der Waals surface area (Å²) in [7, 11) is 0. The molecule has 2 N–H and O–H groups in total. The highest BCUT2D eigenvalue weighted by Gasteiger charge is 2.16. The molecular weight excluding hydrogens is 164 g/mol. The maximum Gasteiger partial charge on any atom is 0.220 e. The SMILES string of the molecule is CCC(CCN1CCCC1)C(N)=O. The van der Waals surface area contributed by atoms with Crippen LogP contribution in [0.4, 0.5) is 0 Å². The van der Waals surface area contributed by atoms with E-state index in [1.807, 2.05) is 6.92 Å². The Bertz CT molecular complexity index is 164. The van der Waals surface area contributed by atoms with Crippen molar-refractivity contribution in [3.05, 3.63) is 0 Å². The zero-order valence-electron chi connectivity index (χ0n) is 8.46. The third-order valence-corrected chi connectivity index (χ3v) is 2.89. The van der Waals surface area contributed by atoms with Gasteiger partial charge in [0.05, 0.1) is 0 Å². The lowest BCUT2D eigenvalue weighted by molar-refractivity contribution is -0.122. The third-order valence-electron chi connectivity index (χ3n) is 2.89. The topological polar surface area (TPSA) is 46.3 Å². The molecule has 0 saturated carbocycles. The Balaban J connectivity index is 2.18. The summed E-state index contributed by atoms with van der Waals surface area (Å²) in [6.45, 7) is 5.48. The van der Waals surface area contributed by atoms with Gasteiger partial charge < -0.3 is 10.6 Å². The average molecular weight is 184 g/mol. The van der Waals surface area contributed by atoms with E-state index in [9.17, 15) is 4.79 Å². The lowest BCUT2D eigenvalue weighted by Crippen LogP contribution is -2.28. The van der Waals surface area contributed by atoms with Gasteiger partial charge in [0.1, 0.15) is 0 Å². The molecule has 76 valence electrons. The number of rotatable bonds is 5. The van der Waals surface area contributed by atoms with Crippen molar-refractivity contribution in [1.29, 1.82) is 0 Å². The lowest BCUT2D eigenvalue weighted by Gasteiger charge is -2.17. The molecule has 1 rings (SSSR count). The summed E-state index contributed by atoms with van der Waals surface area (Å²) in [5.74, 6) is -0.0534. The molecule has 1 fully saturated rings. The Morgan fingerprint density at radius 2 is 2.08 bits per heavy atom. The molecule has 1 aliphatic rings. The number of hydrogen-bond donors (Lipinski definition) is 1. The van der Waals surface area contributed by atoms with Crippen molar-refractivity contribution in [3.63, 3.8) is 0 Å². The van der Waals surface area contributed by atoms with Gasteiger partial charge in [0, 0.05) is 5.92 Å². The second kappa shape index (κ2) is 5.22. The van der Waals surface area contributed by atoms with Gasteiger partial charge in [0.15, 0.2) is 0 Å². The standard InChI is InChI=1S/C10H20N2O/c1-2-9(10(11)13)5-8-12-6-3-4-7-12/h9H,2-8H2,1H3,(H2,11,13). The number of carbonyl (C=O) groups excluding carboxylic acids is 1. The predicted molar refractivity (Wildman–Crippen MR) is 53.3 cm³/mol. The van der Waals surface area contributed by atoms with E-state index in [0.717, 1.165) is 19.4 Å². The van der Waals surface area contributed by atoms with Gasteiger partial charge in [0.25, 0.3) is 0 Å². The van der Waals surface area contributed by atoms with E-state index >= 15 is 0 Å². The number of amides is 1. The molecule has 1 amide bonds. The first-order valence-corrected chi connectivity index (χ1v) is 5.25. The van der Waals surface area contributed by atoms with E-state index in [4.69, 9.17) is 5.73 Å². The van der Waals surface area contributed by atoms with Crippen LogP contribution in [-0.4, -0.2) is 30.4 Å². The molecule has 3 heteroatoms. The van der Waals surface area contributed by atoms with E-state index in [2.05, 4.69) is 4.90 Å². The van der Waals surface area contributed by atoms with Crippen LogP contribution in [0.3, 0.4) is 0 Å². The second-order valence-electron chi connectivity index (χ2n) is 3.84. The monoisotopic (exact) mass is 184 g/mol. The quantitative estimate of drug-likeness (QED) is 0.692.